The van der Waals surface area contributed by atoms with Crippen LogP contribution in [0.15, 0.2) is 35.4 Å². The number of fused-ring (bicyclic) bond motifs is 1. The molecule has 1 saturated heterocycles. The van der Waals surface area contributed by atoms with Gasteiger partial charge in [0.1, 0.15) is 12.1 Å². The highest BCUT2D eigenvalue weighted by Crippen LogP contribution is 2.34. The molecule has 3 heterocycles. The first-order valence-corrected chi connectivity index (χ1v) is 12.2. The van der Waals surface area contributed by atoms with Gasteiger partial charge in [0.15, 0.2) is 0 Å². The quantitative estimate of drug-likeness (QED) is 0.573. The molecule has 9 heteroatoms. The van der Waals surface area contributed by atoms with E-state index < -0.39 is 0 Å². The number of nitrogens with one attached hydrogen (secondary N) is 2. The second-order valence-electron chi connectivity index (χ2n) is 9.20. The van der Waals surface area contributed by atoms with E-state index in [-0.39, 0.29) is 17.6 Å². The summed E-state index contributed by atoms with van der Waals surface area (Å²) in [5, 5.41) is 10.7. The van der Waals surface area contributed by atoms with E-state index in [9.17, 15) is 9.59 Å². The maximum Gasteiger partial charge on any atom is 0.343 e. The van der Waals surface area contributed by atoms with Crippen LogP contribution in [0.2, 0.25) is 5.02 Å². The molecule has 2 aliphatic rings. The molecule has 5 rings (SSSR count). The molecule has 1 saturated carbocycles. The third-order valence-corrected chi connectivity index (χ3v) is 7.34. The normalized spacial score (nSPS) is 18.0. The zero-order chi connectivity index (χ0) is 22.8. The Morgan fingerprint density at radius 1 is 1.09 bits per heavy atom. The van der Waals surface area contributed by atoms with Crippen LogP contribution >= 0.6 is 11.6 Å². The number of anilines is 2. The van der Waals surface area contributed by atoms with Gasteiger partial charge in [-0.25, -0.2) is 14.9 Å². The fraction of sp³-hybridized carbons (Fsp3) is 0.500. The number of H-pyrrole nitrogens is 1. The Balaban J connectivity index is 1.30. The minimum absolute atomic E-state index is 0.0249. The number of aromatic amines is 1. The van der Waals surface area contributed by atoms with Gasteiger partial charge in [-0.3, -0.25) is 9.36 Å². The Labute approximate surface area is 197 Å². The Hall–Kier alpha value is -2.87. The van der Waals surface area contributed by atoms with Crippen molar-refractivity contribution in [3.8, 4) is 0 Å². The number of nitrogens with zero attached hydrogens (tertiary/aromatic N) is 4. The van der Waals surface area contributed by atoms with Crippen molar-refractivity contribution >= 4 is 39.9 Å². The highest BCUT2D eigenvalue weighted by Gasteiger charge is 2.23. The molecule has 1 amide bonds. The van der Waals surface area contributed by atoms with Gasteiger partial charge in [0.2, 0.25) is 5.91 Å². The van der Waals surface area contributed by atoms with Crippen LogP contribution in [0.5, 0.6) is 0 Å². The molecule has 3 aromatic rings. The van der Waals surface area contributed by atoms with Crippen LogP contribution in [-0.4, -0.2) is 38.7 Å². The summed E-state index contributed by atoms with van der Waals surface area (Å²) >= 11 is 6.47. The molecule has 33 heavy (non-hydrogen) atoms. The summed E-state index contributed by atoms with van der Waals surface area (Å²) in [6.07, 6.45) is 9.80. The molecule has 2 fully saturated rings. The third kappa shape index (κ3) is 4.76. The Kier molecular flexibility index (Phi) is 6.35. The van der Waals surface area contributed by atoms with E-state index in [0.717, 1.165) is 55.5 Å². The number of benzene rings is 1. The molecule has 2 N–H and O–H groups in total. The molecule has 0 unspecified atom stereocenters. The van der Waals surface area contributed by atoms with E-state index in [1.165, 1.54) is 19.3 Å². The monoisotopic (exact) mass is 468 g/mol. The van der Waals surface area contributed by atoms with Crippen molar-refractivity contribution in [2.75, 3.05) is 23.3 Å². The van der Waals surface area contributed by atoms with Crippen molar-refractivity contribution in [3.05, 3.63) is 46.1 Å². The average Bonchev–Trinajstić information content (AvgIpc) is 3.27. The van der Waals surface area contributed by atoms with Gasteiger partial charge in [0.05, 0.1) is 16.2 Å². The fourth-order valence-electron chi connectivity index (χ4n) is 5.20. The third-order valence-electron chi connectivity index (χ3n) is 7.03. The highest BCUT2D eigenvalue weighted by atomic mass is 35.5. The number of halogens is 1. The molecule has 0 spiro atoms. The van der Waals surface area contributed by atoms with Crippen molar-refractivity contribution in [2.45, 2.75) is 57.4 Å². The van der Waals surface area contributed by atoms with E-state index in [4.69, 9.17) is 16.6 Å². The summed E-state index contributed by atoms with van der Waals surface area (Å²) < 4.78 is 1.68. The number of carbonyl (C=O) groups excluding carboxylic acids is 1. The second-order valence-corrected chi connectivity index (χ2v) is 9.61. The van der Waals surface area contributed by atoms with Crippen molar-refractivity contribution < 1.29 is 4.79 Å². The molecule has 2 aromatic heterocycles. The van der Waals surface area contributed by atoms with Crippen LogP contribution in [0.1, 0.15) is 57.4 Å². The molecule has 1 aliphatic carbocycles. The number of piperidine rings is 1. The molecule has 174 valence electrons. The maximum absolute atomic E-state index is 12.7. The molecule has 0 bridgehead atoms. The Morgan fingerprint density at radius 3 is 2.61 bits per heavy atom. The minimum Gasteiger partial charge on any atom is -0.356 e. The number of carbonyl (C=O) groups is 1. The van der Waals surface area contributed by atoms with Crippen LogP contribution in [0, 0.1) is 5.92 Å². The Morgan fingerprint density at radius 2 is 1.88 bits per heavy atom. The summed E-state index contributed by atoms with van der Waals surface area (Å²) in [5.41, 5.74) is 1.29. The first-order valence-electron chi connectivity index (χ1n) is 11.8. The van der Waals surface area contributed by atoms with Crippen LogP contribution in [0.25, 0.3) is 10.9 Å². The first-order chi connectivity index (χ1) is 16.1. The highest BCUT2D eigenvalue weighted by molar-refractivity contribution is 6.35. The van der Waals surface area contributed by atoms with Gasteiger partial charge in [-0.2, -0.15) is 5.10 Å². The predicted octanol–water partition coefficient (Wildman–Crippen LogP) is 4.52. The van der Waals surface area contributed by atoms with E-state index in [0.29, 0.717) is 23.0 Å². The molecular formula is C24H29ClN6O2. The summed E-state index contributed by atoms with van der Waals surface area (Å²) in [4.78, 5) is 31.6. The van der Waals surface area contributed by atoms with E-state index in [2.05, 4.69) is 20.4 Å². The van der Waals surface area contributed by atoms with Crippen molar-refractivity contribution in [3.63, 3.8) is 0 Å². The largest absolute Gasteiger partial charge is 0.356 e. The number of pyridine rings is 1. The van der Waals surface area contributed by atoms with E-state index in [1.807, 2.05) is 18.2 Å². The molecule has 8 nitrogen and oxygen atoms in total. The van der Waals surface area contributed by atoms with Crippen LogP contribution in [0.4, 0.5) is 11.5 Å². The zero-order valence-corrected chi connectivity index (χ0v) is 19.4. The topological polar surface area (TPSA) is 95.9 Å². The SMILES string of the molecule is O=C(CC1CCCCC1)Nc1c(Cl)ccc2nc(N3CCC(n4cn[nH]c4=O)CC3)ccc12. The van der Waals surface area contributed by atoms with Gasteiger partial charge in [0, 0.05) is 30.9 Å². The van der Waals surface area contributed by atoms with Crippen LogP contribution in [0.3, 0.4) is 0 Å². The van der Waals surface area contributed by atoms with E-state index >= 15 is 0 Å². The molecular weight excluding hydrogens is 440 g/mol. The molecule has 0 radical (unpaired) electrons. The lowest BCUT2D eigenvalue weighted by molar-refractivity contribution is -0.117. The average molecular weight is 469 g/mol. The molecule has 0 atom stereocenters. The van der Waals surface area contributed by atoms with Gasteiger partial charge >= 0.3 is 5.69 Å². The number of rotatable bonds is 5. The summed E-state index contributed by atoms with van der Waals surface area (Å²) in [6, 6.07) is 7.83. The number of hydrogen-bond donors (Lipinski definition) is 2. The van der Waals surface area contributed by atoms with Gasteiger partial charge in [-0.05, 0) is 55.9 Å². The fourth-order valence-corrected chi connectivity index (χ4v) is 5.42. The Bertz CT molecular complexity index is 1190. The summed E-state index contributed by atoms with van der Waals surface area (Å²) in [6.45, 7) is 1.61. The lowest BCUT2D eigenvalue weighted by atomic mass is 9.87. The van der Waals surface area contributed by atoms with Gasteiger partial charge in [-0.1, -0.05) is 30.9 Å². The number of hydrogen-bond acceptors (Lipinski definition) is 5. The van der Waals surface area contributed by atoms with Gasteiger partial charge in [-0.15, -0.1) is 0 Å². The smallest absolute Gasteiger partial charge is 0.343 e. The first kappa shape index (κ1) is 21.9. The number of aromatic nitrogens is 4. The van der Waals surface area contributed by atoms with Crippen molar-refractivity contribution in [2.24, 2.45) is 5.92 Å². The summed E-state index contributed by atoms with van der Waals surface area (Å²) in [7, 11) is 0. The molecule has 1 aromatic carbocycles. The van der Waals surface area contributed by atoms with Crippen LogP contribution in [-0.2, 0) is 4.79 Å². The predicted molar refractivity (Wildman–Crippen MR) is 130 cm³/mol. The maximum atomic E-state index is 12.7. The lowest BCUT2D eigenvalue weighted by Gasteiger charge is -2.33. The van der Waals surface area contributed by atoms with Gasteiger partial charge < -0.3 is 10.2 Å². The standard InChI is InChI=1S/C24H29ClN6O2/c25-19-7-8-20-18(23(19)28-22(32)14-16-4-2-1-3-5-16)6-9-21(27-20)30-12-10-17(11-13-30)31-15-26-29-24(31)33/h6-9,15-17H,1-5,10-14H2,(H,28,32)(H,29,33). The number of amides is 1. The van der Waals surface area contributed by atoms with Crippen molar-refractivity contribution in [1.82, 2.24) is 19.7 Å². The molecule has 1 aliphatic heterocycles. The van der Waals surface area contributed by atoms with Crippen molar-refractivity contribution in [1.29, 1.82) is 0 Å². The zero-order valence-electron chi connectivity index (χ0n) is 18.6. The second kappa shape index (κ2) is 9.55. The van der Waals surface area contributed by atoms with Gasteiger partial charge in [0.25, 0.3) is 0 Å². The summed E-state index contributed by atoms with van der Waals surface area (Å²) in [5.74, 6) is 1.39. The minimum atomic E-state index is -0.160. The lowest BCUT2D eigenvalue weighted by Crippen LogP contribution is -2.37. The van der Waals surface area contributed by atoms with E-state index in [1.54, 1.807) is 17.0 Å². The van der Waals surface area contributed by atoms with Crippen LogP contribution < -0.4 is 15.9 Å².